The van der Waals surface area contributed by atoms with E-state index in [9.17, 15) is 0 Å². The molecule has 1 rings (SSSR count). The van der Waals surface area contributed by atoms with Crippen molar-refractivity contribution in [2.24, 2.45) is 0 Å². The molecule has 29 valence electrons. The van der Waals surface area contributed by atoms with E-state index in [1.54, 1.807) is 6.61 Å². The van der Waals surface area contributed by atoms with Gasteiger partial charge in [-0.3, -0.25) is 0 Å². The highest BCUT2D eigenvalue weighted by atomic mass is 27.0. The number of rotatable bonds is 0. The van der Waals surface area contributed by atoms with Crippen LogP contribution in [0.1, 0.15) is 6.92 Å². The van der Waals surface area contributed by atoms with Gasteiger partial charge in [0.25, 0.3) is 0 Å². The Kier molecular flexibility index (Phi) is 2.00. The maximum atomic E-state index is 4.58. The van der Waals surface area contributed by atoms with Gasteiger partial charge >= 0.3 is 0 Å². The van der Waals surface area contributed by atoms with Crippen LogP contribution >= 0.6 is 0 Å². The van der Waals surface area contributed by atoms with Gasteiger partial charge < -0.3 is 4.74 Å². The number of ether oxygens (including phenoxy) is 1. The highest BCUT2D eigenvalue weighted by Gasteiger charge is 2.14. The number of hydrogen-bond donors (Lipinski definition) is 0. The molecule has 0 aromatic carbocycles. The minimum absolute atomic E-state index is 0. The summed E-state index contributed by atoms with van der Waals surface area (Å²) < 4.78 is 4.58. The smallest absolute Gasteiger partial charge is 0.187 e. The summed E-state index contributed by atoms with van der Waals surface area (Å²) in [6.07, 6.45) is 0.458. The zero-order valence-electron chi connectivity index (χ0n) is 2.56. The molecule has 5 heavy (non-hydrogen) atoms. The van der Waals surface area contributed by atoms with Gasteiger partial charge in [-0.1, -0.05) is 0 Å². The first-order valence-corrected chi connectivity index (χ1v) is 1.38. The molecule has 1 atom stereocenters. The molecule has 0 aromatic heterocycles. The van der Waals surface area contributed by atoms with E-state index in [1.807, 2.05) is 6.92 Å². The Labute approximate surface area is 42.5 Å². The van der Waals surface area contributed by atoms with Crippen molar-refractivity contribution in [2.75, 3.05) is 0 Å². The Morgan fingerprint density at radius 3 is 2.00 bits per heavy atom. The molecule has 1 aliphatic rings. The second-order valence-electron chi connectivity index (χ2n) is 0.977. The third kappa shape index (κ3) is 2.29. The van der Waals surface area contributed by atoms with E-state index in [0.29, 0.717) is 6.10 Å². The SMILES string of the molecule is CC1[CH]O1.[AlH3]. The standard InChI is InChI=1S/C3H5O.Al.3H/c1-3-2-4-3;;;;/h2-3H,1H3;;;;. The molecule has 1 saturated heterocycles. The minimum Gasteiger partial charge on any atom is -0.367 e. The highest BCUT2D eigenvalue weighted by Crippen LogP contribution is 2.11. The monoisotopic (exact) mass is 87.0 g/mol. The van der Waals surface area contributed by atoms with Crippen LogP contribution in [0.3, 0.4) is 0 Å². The molecule has 2 heteroatoms. The van der Waals surface area contributed by atoms with E-state index in [2.05, 4.69) is 4.74 Å². The molecule has 1 nitrogen and oxygen atoms in total. The quantitative estimate of drug-likeness (QED) is 0.283. The van der Waals surface area contributed by atoms with E-state index in [0.717, 1.165) is 0 Å². The van der Waals surface area contributed by atoms with Gasteiger partial charge in [-0.15, -0.1) is 0 Å². The first-order chi connectivity index (χ1) is 1.89. The molecule has 1 radical (unpaired) electrons. The molecule has 1 fully saturated rings. The lowest BCUT2D eigenvalue weighted by Gasteiger charge is -1.50. The van der Waals surface area contributed by atoms with Crippen LogP contribution in [-0.2, 0) is 4.74 Å². The van der Waals surface area contributed by atoms with Crippen LogP contribution in [0.4, 0.5) is 0 Å². The van der Waals surface area contributed by atoms with Crippen molar-refractivity contribution < 1.29 is 4.74 Å². The third-order valence-electron chi connectivity index (χ3n) is 0.408. The molecule has 1 unspecified atom stereocenters. The maximum Gasteiger partial charge on any atom is 0.187 e. The molecule has 1 heterocycles. The fourth-order valence-corrected chi connectivity index (χ4v) is 0.0786. The molecular formula is C3H8AlO. The average molecular weight is 87.1 g/mol. The summed E-state index contributed by atoms with van der Waals surface area (Å²) in [6.45, 7) is 3.79. The van der Waals surface area contributed by atoms with Gasteiger partial charge in [-0.25, -0.2) is 0 Å². The van der Waals surface area contributed by atoms with Gasteiger partial charge in [-0.05, 0) is 6.92 Å². The van der Waals surface area contributed by atoms with Crippen LogP contribution in [0.25, 0.3) is 0 Å². The molecule has 0 aromatic rings. The van der Waals surface area contributed by atoms with Crippen molar-refractivity contribution in [3.63, 3.8) is 0 Å². The predicted molar refractivity (Wildman–Crippen MR) is 24.8 cm³/mol. The van der Waals surface area contributed by atoms with Crippen molar-refractivity contribution in [3.05, 3.63) is 6.61 Å². The van der Waals surface area contributed by atoms with Gasteiger partial charge in [0.05, 0.1) is 6.10 Å². The van der Waals surface area contributed by atoms with Crippen LogP contribution in [0.2, 0.25) is 0 Å². The van der Waals surface area contributed by atoms with Crippen LogP contribution < -0.4 is 0 Å². The molecule has 0 bridgehead atoms. The lowest BCUT2D eigenvalue weighted by atomic mass is 10.6. The summed E-state index contributed by atoms with van der Waals surface area (Å²) in [6, 6.07) is 0. The Bertz CT molecular complexity index is 26.1. The molecule has 0 spiro atoms. The largest absolute Gasteiger partial charge is 0.367 e. The fraction of sp³-hybridized carbons (Fsp3) is 0.667. The summed E-state index contributed by atoms with van der Waals surface area (Å²) in [5.41, 5.74) is 0. The van der Waals surface area contributed by atoms with Crippen LogP contribution in [0.5, 0.6) is 0 Å². The van der Waals surface area contributed by atoms with Gasteiger partial charge in [0.15, 0.2) is 17.4 Å². The molecule has 1 aliphatic heterocycles. The predicted octanol–water partition coefficient (Wildman–Crippen LogP) is -0.617. The second-order valence-corrected chi connectivity index (χ2v) is 0.977. The first kappa shape index (κ1) is 5.49. The number of hydrogen-bond acceptors (Lipinski definition) is 1. The first-order valence-electron chi connectivity index (χ1n) is 1.38. The lowest BCUT2D eigenvalue weighted by molar-refractivity contribution is 0.442. The van der Waals surface area contributed by atoms with Crippen LogP contribution in [-0.4, -0.2) is 23.5 Å². The van der Waals surface area contributed by atoms with Gasteiger partial charge in [-0.2, -0.15) is 0 Å². The molecule has 0 N–H and O–H groups in total. The zero-order valence-corrected chi connectivity index (χ0v) is 2.56. The normalized spacial score (nSPS) is 31.8. The summed E-state index contributed by atoms with van der Waals surface area (Å²) in [5, 5.41) is 0. The second kappa shape index (κ2) is 1.82. The Morgan fingerprint density at radius 1 is 1.80 bits per heavy atom. The minimum atomic E-state index is 0. The molecule has 0 aliphatic carbocycles. The summed E-state index contributed by atoms with van der Waals surface area (Å²) in [7, 11) is 0. The van der Waals surface area contributed by atoms with Gasteiger partial charge in [0.2, 0.25) is 0 Å². The van der Waals surface area contributed by atoms with Crippen LogP contribution in [0, 0.1) is 6.61 Å². The van der Waals surface area contributed by atoms with E-state index >= 15 is 0 Å². The summed E-state index contributed by atoms with van der Waals surface area (Å²) in [5.74, 6) is 0. The van der Waals surface area contributed by atoms with Crippen molar-refractivity contribution in [2.45, 2.75) is 13.0 Å². The molecule has 0 saturated carbocycles. The van der Waals surface area contributed by atoms with Crippen molar-refractivity contribution in [1.82, 2.24) is 0 Å². The van der Waals surface area contributed by atoms with Crippen molar-refractivity contribution >= 4 is 17.4 Å². The van der Waals surface area contributed by atoms with E-state index in [4.69, 9.17) is 0 Å². The Hall–Kier alpha value is 0.492. The fourth-order valence-electron chi connectivity index (χ4n) is 0.0786. The highest BCUT2D eigenvalue weighted by molar-refractivity contribution is 5.75. The van der Waals surface area contributed by atoms with Crippen molar-refractivity contribution in [3.8, 4) is 0 Å². The van der Waals surface area contributed by atoms with E-state index in [-0.39, 0.29) is 17.4 Å². The van der Waals surface area contributed by atoms with E-state index in [1.165, 1.54) is 0 Å². The maximum absolute atomic E-state index is 4.58. The average Bonchev–Trinajstić information content (AvgIpc) is 1.75. The third-order valence-corrected chi connectivity index (χ3v) is 0.408. The summed E-state index contributed by atoms with van der Waals surface area (Å²) in [4.78, 5) is 0. The zero-order chi connectivity index (χ0) is 2.99. The Morgan fingerprint density at radius 2 is 2.00 bits per heavy atom. The van der Waals surface area contributed by atoms with Gasteiger partial charge in [0, 0.05) is 0 Å². The van der Waals surface area contributed by atoms with E-state index < -0.39 is 0 Å². The topological polar surface area (TPSA) is 12.5 Å². The van der Waals surface area contributed by atoms with Gasteiger partial charge in [0.1, 0.15) is 6.61 Å². The number of epoxide rings is 1. The summed E-state index contributed by atoms with van der Waals surface area (Å²) >= 11 is 0. The molecule has 0 amide bonds. The van der Waals surface area contributed by atoms with Crippen molar-refractivity contribution in [1.29, 1.82) is 0 Å². The lowest BCUT2D eigenvalue weighted by Crippen LogP contribution is -1.57. The Balaban J connectivity index is 0.000000160. The van der Waals surface area contributed by atoms with Crippen LogP contribution in [0.15, 0.2) is 0 Å². The molecular weight excluding hydrogens is 79.0 g/mol.